The maximum atomic E-state index is 13.0. The van der Waals surface area contributed by atoms with Gasteiger partial charge in [-0.3, -0.25) is 14.5 Å². The average Bonchev–Trinajstić information content (AvgIpc) is 3.29. The Labute approximate surface area is 158 Å². The lowest BCUT2D eigenvalue weighted by Crippen LogP contribution is -2.52. The van der Waals surface area contributed by atoms with Crippen LogP contribution in [0.3, 0.4) is 0 Å². The molecule has 1 aromatic rings. The van der Waals surface area contributed by atoms with Crippen molar-refractivity contribution in [1.29, 1.82) is 0 Å². The molecule has 0 radical (unpaired) electrons. The number of piperazine rings is 1. The molecule has 1 aromatic carbocycles. The van der Waals surface area contributed by atoms with Crippen LogP contribution in [0.1, 0.15) is 5.56 Å². The van der Waals surface area contributed by atoms with Crippen LogP contribution < -0.4 is 4.74 Å². The van der Waals surface area contributed by atoms with Crippen LogP contribution in [0.4, 0.5) is 0 Å². The first-order chi connectivity index (χ1) is 13.1. The molecule has 0 saturated carbocycles. The predicted octanol–water partition coefficient (Wildman–Crippen LogP) is 0.994. The first-order valence-electron chi connectivity index (χ1n) is 9.27. The van der Waals surface area contributed by atoms with Gasteiger partial charge in [0, 0.05) is 32.7 Å². The summed E-state index contributed by atoms with van der Waals surface area (Å²) in [6.45, 7) is 3.53. The molecule has 0 spiro atoms. The Morgan fingerprint density at radius 1 is 1.15 bits per heavy atom. The molecule has 27 heavy (non-hydrogen) atoms. The van der Waals surface area contributed by atoms with Crippen molar-refractivity contribution in [1.82, 2.24) is 9.80 Å². The highest BCUT2D eigenvalue weighted by Crippen LogP contribution is 2.40. The first-order valence-corrected chi connectivity index (χ1v) is 9.27. The van der Waals surface area contributed by atoms with Crippen molar-refractivity contribution in [2.45, 2.75) is 18.8 Å². The van der Waals surface area contributed by atoms with Gasteiger partial charge in [0.15, 0.2) is 0 Å². The minimum absolute atomic E-state index is 0.0970. The Morgan fingerprint density at radius 2 is 1.85 bits per heavy atom. The first kappa shape index (κ1) is 18.0. The molecule has 1 N–H and O–H groups in total. The van der Waals surface area contributed by atoms with Gasteiger partial charge in [-0.05, 0) is 17.7 Å². The van der Waals surface area contributed by atoms with Crippen LogP contribution in [-0.2, 0) is 20.9 Å². The summed E-state index contributed by atoms with van der Waals surface area (Å²) in [6, 6.07) is 7.98. The van der Waals surface area contributed by atoms with Gasteiger partial charge in [0.2, 0.25) is 5.91 Å². The Morgan fingerprint density at radius 3 is 2.52 bits per heavy atom. The summed E-state index contributed by atoms with van der Waals surface area (Å²) < 4.78 is 10.9. The number of hydrogen-bond acceptors (Lipinski definition) is 5. The van der Waals surface area contributed by atoms with E-state index in [2.05, 4.69) is 11.0 Å². The molecular weight excluding hydrogens is 348 g/mol. The van der Waals surface area contributed by atoms with E-state index in [0.29, 0.717) is 13.1 Å². The summed E-state index contributed by atoms with van der Waals surface area (Å²) in [7, 11) is 1.66. The number of ether oxygens (including phenoxy) is 2. The van der Waals surface area contributed by atoms with Crippen molar-refractivity contribution in [3.8, 4) is 5.75 Å². The van der Waals surface area contributed by atoms with Gasteiger partial charge in [0.05, 0.1) is 25.2 Å². The number of fused-ring (bicyclic) bond motifs is 2. The van der Waals surface area contributed by atoms with Gasteiger partial charge < -0.3 is 19.5 Å². The van der Waals surface area contributed by atoms with Gasteiger partial charge in [0.1, 0.15) is 11.7 Å². The Hall–Kier alpha value is -2.38. The van der Waals surface area contributed by atoms with E-state index in [4.69, 9.17) is 9.47 Å². The largest absolute Gasteiger partial charge is 0.497 e. The zero-order valence-electron chi connectivity index (χ0n) is 15.3. The second-order valence-corrected chi connectivity index (χ2v) is 7.29. The average molecular weight is 372 g/mol. The van der Waals surface area contributed by atoms with E-state index in [1.165, 1.54) is 5.56 Å². The summed E-state index contributed by atoms with van der Waals surface area (Å²) in [6.07, 6.45) is 2.71. The summed E-state index contributed by atoms with van der Waals surface area (Å²) in [5.41, 5.74) is 1.17. The third-order valence-electron chi connectivity index (χ3n) is 5.69. The highest BCUT2D eigenvalue weighted by Gasteiger charge is 2.54. The molecule has 4 rings (SSSR count). The van der Waals surface area contributed by atoms with E-state index in [1.54, 1.807) is 18.1 Å². The molecule has 0 unspecified atom stereocenters. The lowest BCUT2D eigenvalue weighted by molar-refractivity contribution is -0.150. The standard InChI is InChI=1S/C20H24N2O5/c1-26-14-4-2-3-13(11-14)12-21-7-9-22(10-8-21)19(23)17-15-5-6-16(27-15)18(17)20(24)25/h2-6,11,15-18H,7-10,12H2,1H3,(H,24,25)/t15-,16-,17+,18-/m1/s1. The number of aliphatic carboxylic acids is 1. The fraction of sp³-hybridized carbons (Fsp3) is 0.500. The van der Waals surface area contributed by atoms with Crippen molar-refractivity contribution in [2.24, 2.45) is 11.8 Å². The van der Waals surface area contributed by atoms with Gasteiger partial charge in [-0.25, -0.2) is 0 Å². The molecule has 3 aliphatic heterocycles. The molecule has 2 saturated heterocycles. The van der Waals surface area contributed by atoms with Crippen LogP contribution in [0.15, 0.2) is 36.4 Å². The predicted molar refractivity (Wildman–Crippen MR) is 97.3 cm³/mol. The third kappa shape index (κ3) is 3.44. The molecule has 3 aliphatic rings. The van der Waals surface area contributed by atoms with Gasteiger partial charge in [-0.15, -0.1) is 0 Å². The van der Waals surface area contributed by atoms with Crippen LogP contribution >= 0.6 is 0 Å². The molecular formula is C20H24N2O5. The number of carboxylic acids is 1. The number of carbonyl (C=O) groups excluding carboxylic acids is 1. The van der Waals surface area contributed by atoms with Crippen LogP contribution in [0, 0.1) is 11.8 Å². The fourth-order valence-electron chi connectivity index (χ4n) is 4.26. The number of nitrogens with zero attached hydrogens (tertiary/aromatic N) is 2. The number of methoxy groups -OCH3 is 1. The molecule has 2 bridgehead atoms. The molecule has 7 heteroatoms. The van der Waals surface area contributed by atoms with E-state index >= 15 is 0 Å². The Kier molecular flexibility index (Phi) is 4.88. The van der Waals surface area contributed by atoms with E-state index in [9.17, 15) is 14.7 Å². The molecule has 7 nitrogen and oxygen atoms in total. The van der Waals surface area contributed by atoms with Crippen molar-refractivity contribution in [3.05, 3.63) is 42.0 Å². The normalized spacial score (nSPS) is 29.9. The molecule has 4 atom stereocenters. The monoisotopic (exact) mass is 372 g/mol. The second kappa shape index (κ2) is 7.32. The second-order valence-electron chi connectivity index (χ2n) is 7.29. The summed E-state index contributed by atoms with van der Waals surface area (Å²) in [5, 5.41) is 9.50. The molecule has 0 aromatic heterocycles. The van der Waals surface area contributed by atoms with Crippen molar-refractivity contribution < 1.29 is 24.2 Å². The van der Waals surface area contributed by atoms with Crippen LogP contribution in [-0.4, -0.2) is 72.3 Å². The smallest absolute Gasteiger partial charge is 0.310 e. The minimum atomic E-state index is -0.957. The minimum Gasteiger partial charge on any atom is -0.497 e. The third-order valence-corrected chi connectivity index (χ3v) is 5.69. The van der Waals surface area contributed by atoms with Crippen LogP contribution in [0.2, 0.25) is 0 Å². The topological polar surface area (TPSA) is 79.3 Å². The van der Waals surface area contributed by atoms with Gasteiger partial charge in [0.25, 0.3) is 0 Å². The van der Waals surface area contributed by atoms with Crippen molar-refractivity contribution in [3.63, 3.8) is 0 Å². The van der Waals surface area contributed by atoms with E-state index in [1.807, 2.05) is 24.3 Å². The molecule has 1 amide bonds. The molecule has 2 fully saturated rings. The number of carbonyl (C=O) groups is 2. The van der Waals surface area contributed by atoms with Crippen LogP contribution in [0.5, 0.6) is 5.75 Å². The fourth-order valence-corrected chi connectivity index (χ4v) is 4.26. The van der Waals surface area contributed by atoms with Crippen LogP contribution in [0.25, 0.3) is 0 Å². The van der Waals surface area contributed by atoms with E-state index in [0.717, 1.165) is 25.4 Å². The van der Waals surface area contributed by atoms with Crippen molar-refractivity contribution >= 4 is 11.9 Å². The highest BCUT2D eigenvalue weighted by atomic mass is 16.5. The number of amides is 1. The Balaban J connectivity index is 1.35. The van der Waals surface area contributed by atoms with Crippen molar-refractivity contribution in [2.75, 3.05) is 33.3 Å². The Bertz CT molecular complexity index is 756. The zero-order valence-corrected chi connectivity index (χ0v) is 15.3. The van der Waals surface area contributed by atoms with Gasteiger partial charge in [-0.2, -0.15) is 0 Å². The zero-order chi connectivity index (χ0) is 19.0. The quantitative estimate of drug-likeness (QED) is 0.777. The van der Waals surface area contributed by atoms with E-state index in [-0.39, 0.29) is 5.91 Å². The van der Waals surface area contributed by atoms with Gasteiger partial charge >= 0.3 is 5.97 Å². The molecule has 3 heterocycles. The highest BCUT2D eigenvalue weighted by molar-refractivity contribution is 5.87. The number of carboxylic acid groups (broad SMARTS) is 1. The SMILES string of the molecule is COc1cccc(CN2CCN(C(=O)[C@@H]3[C@H](C(=O)O)[C@H]4C=C[C@H]3O4)CC2)c1. The summed E-state index contributed by atoms with van der Waals surface area (Å²) >= 11 is 0. The summed E-state index contributed by atoms with van der Waals surface area (Å²) in [5.74, 6) is -1.60. The molecule has 0 aliphatic carbocycles. The maximum Gasteiger partial charge on any atom is 0.310 e. The maximum absolute atomic E-state index is 13.0. The molecule has 144 valence electrons. The lowest BCUT2D eigenvalue weighted by Gasteiger charge is -2.37. The van der Waals surface area contributed by atoms with Gasteiger partial charge in [-0.1, -0.05) is 24.3 Å². The summed E-state index contributed by atoms with van der Waals surface area (Å²) in [4.78, 5) is 28.6. The number of rotatable bonds is 5. The number of benzene rings is 1. The lowest BCUT2D eigenvalue weighted by atomic mass is 9.82. The van der Waals surface area contributed by atoms with E-state index < -0.39 is 30.0 Å². The number of hydrogen-bond donors (Lipinski definition) is 1.